The topological polar surface area (TPSA) is 98.4 Å². The highest BCUT2D eigenvalue weighted by atomic mass is 35.5. The molecule has 0 atom stereocenters. The fraction of sp³-hybridized carbons (Fsp3) is 0.238. The smallest absolute Gasteiger partial charge is 0.263 e. The second-order valence-corrected chi connectivity index (χ2v) is 8.77. The molecule has 0 radical (unpaired) electrons. The molecule has 8 nitrogen and oxygen atoms in total. The number of thiazole rings is 1. The first-order chi connectivity index (χ1) is 15.4. The van der Waals surface area contributed by atoms with Crippen molar-refractivity contribution in [3.63, 3.8) is 0 Å². The zero-order chi connectivity index (χ0) is 22.7. The van der Waals surface area contributed by atoms with Crippen molar-refractivity contribution in [2.45, 2.75) is 6.42 Å². The Morgan fingerprint density at radius 2 is 1.91 bits per heavy atom. The van der Waals surface area contributed by atoms with E-state index in [1.807, 2.05) is 12.1 Å². The number of pyridine rings is 1. The number of nitrogens with zero attached hydrogens (tertiary/aromatic N) is 3. The highest BCUT2D eigenvalue weighted by Crippen LogP contribution is 2.32. The first kappa shape index (κ1) is 22.3. The molecule has 3 heterocycles. The summed E-state index contributed by atoms with van der Waals surface area (Å²) in [7, 11) is 0. The Labute approximate surface area is 197 Å². The molecule has 1 aliphatic rings. The molecule has 0 saturated carbocycles. The number of rotatable bonds is 5. The van der Waals surface area contributed by atoms with Crippen molar-refractivity contribution in [2.24, 2.45) is 0 Å². The van der Waals surface area contributed by atoms with Gasteiger partial charge >= 0.3 is 0 Å². The summed E-state index contributed by atoms with van der Waals surface area (Å²) in [6, 6.07) is 8.52. The number of H-pyrrole nitrogens is 1. The highest BCUT2D eigenvalue weighted by molar-refractivity contribution is 7.14. The van der Waals surface area contributed by atoms with Gasteiger partial charge in [-0.2, -0.15) is 0 Å². The average Bonchev–Trinajstić information content (AvgIpc) is 3.22. The van der Waals surface area contributed by atoms with Crippen LogP contribution in [0.1, 0.15) is 16.1 Å². The average molecular weight is 492 g/mol. The van der Waals surface area contributed by atoms with Crippen LogP contribution in [0.5, 0.6) is 0 Å². The molecule has 0 aliphatic carbocycles. The van der Waals surface area contributed by atoms with Crippen LogP contribution in [0.25, 0.3) is 0 Å². The van der Waals surface area contributed by atoms with Gasteiger partial charge in [-0.3, -0.25) is 19.7 Å². The summed E-state index contributed by atoms with van der Waals surface area (Å²) < 4.78 is 0. The van der Waals surface area contributed by atoms with E-state index in [2.05, 4.69) is 20.2 Å². The van der Waals surface area contributed by atoms with Crippen LogP contribution in [0, 0.1) is 0 Å². The number of piperazine rings is 1. The number of anilines is 2. The molecule has 1 saturated heterocycles. The van der Waals surface area contributed by atoms with Crippen molar-refractivity contribution >= 4 is 57.2 Å². The number of halogens is 2. The summed E-state index contributed by atoms with van der Waals surface area (Å²) in [5.41, 5.74) is 0.953. The van der Waals surface area contributed by atoms with Gasteiger partial charge in [0.15, 0.2) is 5.13 Å². The lowest BCUT2D eigenvalue weighted by Gasteiger charge is -2.36. The van der Waals surface area contributed by atoms with Gasteiger partial charge in [-0.25, -0.2) is 4.98 Å². The number of hydrogen-bond donors (Lipinski definition) is 2. The third-order valence-electron chi connectivity index (χ3n) is 5.07. The SMILES string of the molecule is O=C(Nc1nc(CC(=O)N2CCN(c3cccc(Cl)c3Cl)CC2)cs1)c1ccc[nH]c1=O. The van der Waals surface area contributed by atoms with Crippen LogP contribution in [0.15, 0.2) is 46.7 Å². The normalized spacial score (nSPS) is 13.8. The zero-order valence-corrected chi connectivity index (χ0v) is 19.1. The van der Waals surface area contributed by atoms with Crippen molar-refractivity contribution in [2.75, 3.05) is 36.4 Å². The van der Waals surface area contributed by atoms with E-state index >= 15 is 0 Å². The number of amides is 2. The van der Waals surface area contributed by atoms with Gasteiger partial charge in [-0.05, 0) is 24.3 Å². The third-order valence-corrected chi connectivity index (χ3v) is 6.69. The van der Waals surface area contributed by atoms with Crippen LogP contribution in [0.2, 0.25) is 10.0 Å². The van der Waals surface area contributed by atoms with E-state index in [0.717, 1.165) is 5.69 Å². The molecule has 1 fully saturated rings. The van der Waals surface area contributed by atoms with E-state index in [4.69, 9.17) is 23.2 Å². The Morgan fingerprint density at radius 1 is 1.12 bits per heavy atom. The van der Waals surface area contributed by atoms with Crippen molar-refractivity contribution in [3.8, 4) is 0 Å². The maximum atomic E-state index is 12.7. The fourth-order valence-corrected chi connectivity index (χ4v) is 4.53. The Morgan fingerprint density at radius 3 is 2.66 bits per heavy atom. The minimum atomic E-state index is -0.546. The summed E-state index contributed by atoms with van der Waals surface area (Å²) in [4.78, 5) is 47.4. The number of aromatic amines is 1. The maximum absolute atomic E-state index is 12.7. The van der Waals surface area contributed by atoms with Crippen LogP contribution in [0.3, 0.4) is 0 Å². The first-order valence-corrected chi connectivity index (χ1v) is 11.5. The monoisotopic (exact) mass is 491 g/mol. The molecule has 2 amide bonds. The molecule has 1 aliphatic heterocycles. The number of hydrogen-bond acceptors (Lipinski definition) is 6. The van der Waals surface area contributed by atoms with Gasteiger partial charge in [0.1, 0.15) is 5.56 Å². The van der Waals surface area contributed by atoms with Crippen LogP contribution in [-0.4, -0.2) is 52.9 Å². The Balaban J connectivity index is 1.32. The summed E-state index contributed by atoms with van der Waals surface area (Å²) in [5.74, 6) is -0.584. The van der Waals surface area contributed by atoms with E-state index in [0.29, 0.717) is 47.0 Å². The summed E-state index contributed by atoms with van der Waals surface area (Å²) in [6.07, 6.45) is 1.59. The Kier molecular flexibility index (Phi) is 6.78. The van der Waals surface area contributed by atoms with E-state index < -0.39 is 11.5 Å². The number of aromatic nitrogens is 2. The maximum Gasteiger partial charge on any atom is 0.263 e. The molecule has 0 unspecified atom stereocenters. The summed E-state index contributed by atoms with van der Waals surface area (Å²) >= 11 is 13.6. The van der Waals surface area contributed by atoms with Gasteiger partial charge in [0.05, 0.1) is 27.8 Å². The van der Waals surface area contributed by atoms with Crippen LogP contribution in [-0.2, 0) is 11.2 Å². The molecule has 4 rings (SSSR count). The summed E-state index contributed by atoms with van der Waals surface area (Å²) in [6.45, 7) is 2.42. The van der Waals surface area contributed by atoms with E-state index in [1.165, 1.54) is 23.6 Å². The first-order valence-electron chi connectivity index (χ1n) is 9.82. The van der Waals surface area contributed by atoms with Gasteiger partial charge in [0, 0.05) is 37.8 Å². The third kappa shape index (κ3) is 4.95. The van der Waals surface area contributed by atoms with Gasteiger partial charge in [-0.1, -0.05) is 29.3 Å². The minimum Gasteiger partial charge on any atom is -0.367 e. The second-order valence-electron chi connectivity index (χ2n) is 7.13. The lowest BCUT2D eigenvalue weighted by atomic mass is 10.2. The van der Waals surface area contributed by atoms with Crippen LogP contribution < -0.4 is 15.8 Å². The largest absolute Gasteiger partial charge is 0.367 e. The van der Waals surface area contributed by atoms with Gasteiger partial charge in [0.2, 0.25) is 5.91 Å². The number of carbonyl (C=O) groups excluding carboxylic acids is 2. The van der Waals surface area contributed by atoms with E-state index in [-0.39, 0.29) is 17.9 Å². The molecule has 2 aromatic heterocycles. The van der Waals surface area contributed by atoms with Gasteiger partial charge < -0.3 is 14.8 Å². The number of nitrogens with one attached hydrogen (secondary N) is 2. The lowest BCUT2D eigenvalue weighted by molar-refractivity contribution is -0.130. The van der Waals surface area contributed by atoms with Gasteiger partial charge in [-0.15, -0.1) is 11.3 Å². The molecular weight excluding hydrogens is 473 g/mol. The molecular formula is C21H19Cl2N5O3S. The Bertz CT molecular complexity index is 1200. The quantitative estimate of drug-likeness (QED) is 0.570. The summed E-state index contributed by atoms with van der Waals surface area (Å²) in [5, 5.41) is 5.68. The van der Waals surface area contributed by atoms with Crippen LogP contribution in [0.4, 0.5) is 10.8 Å². The predicted octanol–water partition coefficient (Wildman–Crippen LogP) is 3.28. The van der Waals surface area contributed by atoms with Crippen molar-refractivity contribution < 1.29 is 9.59 Å². The van der Waals surface area contributed by atoms with E-state index in [1.54, 1.807) is 22.4 Å². The molecule has 3 aromatic rings. The van der Waals surface area contributed by atoms with Gasteiger partial charge in [0.25, 0.3) is 11.5 Å². The Hall–Kier alpha value is -2.88. The zero-order valence-electron chi connectivity index (χ0n) is 16.8. The lowest BCUT2D eigenvalue weighted by Crippen LogP contribution is -2.49. The van der Waals surface area contributed by atoms with Crippen molar-refractivity contribution in [3.05, 3.63) is 73.6 Å². The molecule has 32 heavy (non-hydrogen) atoms. The molecule has 2 N–H and O–H groups in total. The highest BCUT2D eigenvalue weighted by Gasteiger charge is 2.24. The van der Waals surface area contributed by atoms with E-state index in [9.17, 15) is 14.4 Å². The minimum absolute atomic E-state index is 0.00185. The van der Waals surface area contributed by atoms with Crippen LogP contribution >= 0.6 is 34.5 Å². The number of benzene rings is 1. The standard InChI is InChI=1S/C21H19Cl2N5O3S/c22-15-4-1-5-16(18(15)23)27-7-9-28(10-8-27)17(29)11-13-12-32-21(25-13)26-20(31)14-3-2-6-24-19(14)30/h1-6,12H,7-11H2,(H,24,30)(H,25,26,31). The molecule has 166 valence electrons. The van der Waals surface area contributed by atoms with Crippen molar-refractivity contribution in [1.82, 2.24) is 14.9 Å². The predicted molar refractivity (Wildman–Crippen MR) is 126 cm³/mol. The molecule has 1 aromatic carbocycles. The molecule has 0 bridgehead atoms. The fourth-order valence-electron chi connectivity index (χ4n) is 3.41. The second kappa shape index (κ2) is 9.72. The number of carbonyl (C=O) groups is 2. The molecule has 11 heteroatoms. The molecule has 0 spiro atoms. The van der Waals surface area contributed by atoms with Crippen molar-refractivity contribution in [1.29, 1.82) is 0 Å².